The van der Waals surface area contributed by atoms with Gasteiger partial charge in [-0.1, -0.05) is 30.3 Å². The van der Waals surface area contributed by atoms with E-state index in [4.69, 9.17) is 11.6 Å². The van der Waals surface area contributed by atoms with Crippen molar-refractivity contribution in [1.29, 1.82) is 0 Å². The van der Waals surface area contributed by atoms with E-state index in [0.717, 1.165) is 25.9 Å². The molecule has 0 bridgehead atoms. The second-order valence-corrected chi connectivity index (χ2v) is 5.79. The molecule has 5 heteroatoms. The molecule has 1 amide bonds. The number of nitrogens with zero attached hydrogens (tertiary/aromatic N) is 3. The van der Waals surface area contributed by atoms with Crippen LogP contribution < -0.4 is 0 Å². The van der Waals surface area contributed by atoms with Crippen LogP contribution in [0.5, 0.6) is 0 Å². The molecule has 0 N–H and O–H groups in total. The molecule has 0 radical (unpaired) electrons. The van der Waals surface area contributed by atoms with Gasteiger partial charge in [-0.2, -0.15) is 0 Å². The van der Waals surface area contributed by atoms with Crippen LogP contribution in [0.3, 0.4) is 0 Å². The van der Waals surface area contributed by atoms with Crippen LogP contribution in [-0.2, 0) is 7.05 Å². The predicted molar refractivity (Wildman–Crippen MR) is 82.5 cm³/mol. The van der Waals surface area contributed by atoms with Gasteiger partial charge in [0.15, 0.2) is 0 Å². The van der Waals surface area contributed by atoms with Crippen LogP contribution in [-0.4, -0.2) is 33.4 Å². The van der Waals surface area contributed by atoms with Crippen LogP contribution in [0, 0.1) is 0 Å². The highest BCUT2D eigenvalue weighted by atomic mass is 35.5. The van der Waals surface area contributed by atoms with Gasteiger partial charge in [-0.3, -0.25) is 4.79 Å². The summed E-state index contributed by atoms with van der Waals surface area (Å²) in [6, 6.07) is 10.5. The zero-order chi connectivity index (χ0) is 14.8. The Kier molecular flexibility index (Phi) is 3.97. The number of carbonyl (C=O) groups is 1. The first-order chi connectivity index (χ1) is 10.2. The Balaban J connectivity index is 1.66. The van der Waals surface area contributed by atoms with Gasteiger partial charge in [-0.25, -0.2) is 4.98 Å². The Morgan fingerprint density at radius 2 is 1.90 bits per heavy atom. The number of imidazole rings is 1. The van der Waals surface area contributed by atoms with E-state index in [0.29, 0.717) is 16.9 Å². The van der Waals surface area contributed by atoms with Gasteiger partial charge in [0.2, 0.25) is 5.28 Å². The van der Waals surface area contributed by atoms with Crippen molar-refractivity contribution in [1.82, 2.24) is 14.5 Å². The van der Waals surface area contributed by atoms with E-state index >= 15 is 0 Å². The number of hydrogen-bond donors (Lipinski definition) is 0. The molecule has 2 aromatic rings. The second kappa shape index (κ2) is 5.90. The summed E-state index contributed by atoms with van der Waals surface area (Å²) in [5, 5.41) is 0.345. The van der Waals surface area contributed by atoms with E-state index < -0.39 is 0 Å². The number of benzene rings is 1. The van der Waals surface area contributed by atoms with Crippen molar-refractivity contribution in [3.05, 3.63) is 53.1 Å². The number of aromatic nitrogens is 2. The quantitative estimate of drug-likeness (QED) is 0.855. The lowest BCUT2D eigenvalue weighted by Crippen LogP contribution is -2.38. The fourth-order valence-electron chi connectivity index (χ4n) is 2.89. The molecule has 21 heavy (non-hydrogen) atoms. The molecule has 0 spiro atoms. The van der Waals surface area contributed by atoms with Gasteiger partial charge in [-0.05, 0) is 35.9 Å². The first-order valence-electron chi connectivity index (χ1n) is 7.18. The van der Waals surface area contributed by atoms with E-state index in [2.05, 4.69) is 29.2 Å². The molecule has 0 atom stereocenters. The molecule has 1 aromatic carbocycles. The summed E-state index contributed by atoms with van der Waals surface area (Å²) in [4.78, 5) is 18.4. The van der Waals surface area contributed by atoms with Gasteiger partial charge in [0.25, 0.3) is 5.91 Å². The van der Waals surface area contributed by atoms with E-state index in [-0.39, 0.29) is 5.91 Å². The van der Waals surface area contributed by atoms with Gasteiger partial charge in [0, 0.05) is 20.1 Å². The molecule has 3 rings (SSSR count). The van der Waals surface area contributed by atoms with Crippen molar-refractivity contribution in [2.24, 2.45) is 7.05 Å². The Hall–Kier alpha value is -1.81. The Labute approximate surface area is 129 Å². The Morgan fingerprint density at radius 1 is 1.24 bits per heavy atom. The fourth-order valence-corrected chi connectivity index (χ4v) is 3.03. The standard InChI is InChI=1S/C16H18ClN3O/c1-19-14(11-18-16(19)17)15(21)20-9-7-13(8-10-20)12-5-3-2-4-6-12/h2-6,11,13H,7-10H2,1H3. The summed E-state index contributed by atoms with van der Waals surface area (Å²) in [5.41, 5.74) is 1.92. The molecule has 1 aliphatic heterocycles. The molecule has 0 saturated carbocycles. The maximum absolute atomic E-state index is 12.5. The monoisotopic (exact) mass is 303 g/mol. The molecule has 2 heterocycles. The highest BCUT2D eigenvalue weighted by molar-refractivity contribution is 6.28. The lowest BCUT2D eigenvalue weighted by Gasteiger charge is -2.32. The molecule has 1 fully saturated rings. The normalized spacial score (nSPS) is 16.2. The van der Waals surface area contributed by atoms with Crippen molar-refractivity contribution < 1.29 is 4.79 Å². The third kappa shape index (κ3) is 2.81. The number of likely N-dealkylation sites (tertiary alicyclic amines) is 1. The van der Waals surface area contributed by atoms with Gasteiger partial charge in [0.05, 0.1) is 6.20 Å². The van der Waals surface area contributed by atoms with E-state index in [1.165, 1.54) is 5.56 Å². The number of amides is 1. The smallest absolute Gasteiger partial charge is 0.272 e. The minimum Gasteiger partial charge on any atom is -0.337 e. The summed E-state index contributed by atoms with van der Waals surface area (Å²) in [6.45, 7) is 1.56. The lowest BCUT2D eigenvalue weighted by atomic mass is 9.89. The summed E-state index contributed by atoms with van der Waals surface area (Å²) < 4.78 is 1.63. The van der Waals surface area contributed by atoms with Crippen molar-refractivity contribution in [2.75, 3.05) is 13.1 Å². The lowest BCUT2D eigenvalue weighted by molar-refractivity contribution is 0.0703. The highest BCUT2D eigenvalue weighted by Crippen LogP contribution is 2.28. The van der Waals surface area contributed by atoms with Gasteiger partial charge in [0.1, 0.15) is 5.69 Å². The molecule has 1 aromatic heterocycles. The van der Waals surface area contributed by atoms with Crippen molar-refractivity contribution >= 4 is 17.5 Å². The fraction of sp³-hybridized carbons (Fsp3) is 0.375. The SMILES string of the molecule is Cn1c(C(=O)N2CCC(c3ccccc3)CC2)cnc1Cl. The van der Waals surface area contributed by atoms with Crippen LogP contribution in [0.1, 0.15) is 34.8 Å². The molecule has 1 saturated heterocycles. The molecule has 4 nitrogen and oxygen atoms in total. The van der Waals surface area contributed by atoms with Crippen LogP contribution in [0.2, 0.25) is 5.28 Å². The topological polar surface area (TPSA) is 38.1 Å². The largest absolute Gasteiger partial charge is 0.337 e. The summed E-state index contributed by atoms with van der Waals surface area (Å²) in [5.74, 6) is 0.564. The summed E-state index contributed by atoms with van der Waals surface area (Å²) >= 11 is 5.90. The first-order valence-corrected chi connectivity index (χ1v) is 7.56. The zero-order valence-corrected chi connectivity index (χ0v) is 12.8. The average molecular weight is 304 g/mol. The maximum Gasteiger partial charge on any atom is 0.272 e. The van der Waals surface area contributed by atoms with E-state index in [1.54, 1.807) is 17.8 Å². The molecular weight excluding hydrogens is 286 g/mol. The zero-order valence-electron chi connectivity index (χ0n) is 12.0. The third-order valence-corrected chi connectivity index (χ3v) is 4.55. The number of rotatable bonds is 2. The van der Waals surface area contributed by atoms with Gasteiger partial charge < -0.3 is 9.47 Å². The average Bonchev–Trinajstić information content (AvgIpc) is 2.87. The van der Waals surface area contributed by atoms with Crippen LogP contribution in [0.15, 0.2) is 36.5 Å². The number of halogens is 1. The van der Waals surface area contributed by atoms with E-state index in [1.807, 2.05) is 11.0 Å². The van der Waals surface area contributed by atoms with Gasteiger partial charge in [-0.15, -0.1) is 0 Å². The van der Waals surface area contributed by atoms with Crippen molar-refractivity contribution in [2.45, 2.75) is 18.8 Å². The first kappa shape index (κ1) is 14.1. The maximum atomic E-state index is 12.5. The van der Waals surface area contributed by atoms with Gasteiger partial charge >= 0.3 is 0 Å². The van der Waals surface area contributed by atoms with Crippen LogP contribution in [0.25, 0.3) is 0 Å². The minimum absolute atomic E-state index is 0.0170. The van der Waals surface area contributed by atoms with E-state index in [9.17, 15) is 4.79 Å². The van der Waals surface area contributed by atoms with Crippen molar-refractivity contribution in [3.63, 3.8) is 0 Å². The minimum atomic E-state index is 0.0170. The molecule has 0 unspecified atom stereocenters. The summed E-state index contributed by atoms with van der Waals surface area (Å²) in [7, 11) is 1.76. The number of piperidine rings is 1. The number of hydrogen-bond acceptors (Lipinski definition) is 2. The van der Waals surface area contributed by atoms with Crippen LogP contribution in [0.4, 0.5) is 0 Å². The molecule has 110 valence electrons. The van der Waals surface area contributed by atoms with Crippen molar-refractivity contribution in [3.8, 4) is 0 Å². The van der Waals surface area contributed by atoms with Crippen LogP contribution >= 0.6 is 11.6 Å². The molecular formula is C16H18ClN3O. The Bertz CT molecular complexity index is 630. The third-order valence-electron chi connectivity index (χ3n) is 4.20. The second-order valence-electron chi connectivity index (χ2n) is 5.45. The predicted octanol–water partition coefficient (Wildman–Crippen LogP) is 3.09. The highest BCUT2D eigenvalue weighted by Gasteiger charge is 2.26. The Morgan fingerprint density at radius 3 is 2.48 bits per heavy atom. The molecule has 1 aliphatic rings. The molecule has 0 aliphatic carbocycles. The summed E-state index contributed by atoms with van der Waals surface area (Å²) in [6.07, 6.45) is 3.55. The number of carbonyl (C=O) groups excluding carboxylic acids is 1.